The summed E-state index contributed by atoms with van der Waals surface area (Å²) in [6.45, 7) is 2.18. The Morgan fingerprint density at radius 3 is 2.32 bits per heavy atom. The second-order valence-electron chi connectivity index (χ2n) is 8.65. The van der Waals surface area contributed by atoms with Crippen LogP contribution in [-0.4, -0.2) is 77.2 Å². The lowest BCUT2D eigenvalue weighted by Crippen LogP contribution is -2.38. The van der Waals surface area contributed by atoms with Gasteiger partial charge in [0.2, 0.25) is 5.91 Å². The first kappa shape index (κ1) is 30.3. The fraction of sp³-hybridized carbons (Fsp3) is 0.538. The number of esters is 1. The van der Waals surface area contributed by atoms with Gasteiger partial charge < -0.3 is 39.6 Å². The zero-order chi connectivity index (χ0) is 27.8. The number of nitrogens with one attached hydrogen (secondary N) is 3. The number of hydrogen-bond donors (Lipinski definition) is 3. The van der Waals surface area contributed by atoms with Crippen molar-refractivity contribution in [3.8, 4) is 11.5 Å². The molecule has 1 aliphatic carbocycles. The van der Waals surface area contributed by atoms with E-state index in [0.29, 0.717) is 23.0 Å². The number of amides is 3. The predicted molar refractivity (Wildman–Crippen MR) is 138 cm³/mol. The molecule has 3 N–H and O–H groups in total. The highest BCUT2D eigenvalue weighted by molar-refractivity contribution is 5.87. The average molecular weight is 536 g/mol. The Morgan fingerprint density at radius 1 is 0.947 bits per heavy atom. The summed E-state index contributed by atoms with van der Waals surface area (Å²) in [7, 11) is 2.73. The number of rotatable bonds is 13. The molecule has 2 rings (SSSR count). The van der Waals surface area contributed by atoms with Crippen LogP contribution in [0.3, 0.4) is 0 Å². The maximum atomic E-state index is 12.1. The summed E-state index contributed by atoms with van der Waals surface area (Å²) in [4.78, 5) is 46.3. The van der Waals surface area contributed by atoms with Gasteiger partial charge in [-0.05, 0) is 55.9 Å². The Kier molecular flexibility index (Phi) is 13.3. The molecular formula is C26H37N3O9. The van der Waals surface area contributed by atoms with E-state index in [1.165, 1.54) is 26.3 Å². The molecule has 0 spiro atoms. The third-order valence-electron chi connectivity index (χ3n) is 5.75. The van der Waals surface area contributed by atoms with Crippen molar-refractivity contribution in [1.29, 1.82) is 0 Å². The Bertz CT molecular complexity index is 959. The second kappa shape index (κ2) is 16.7. The van der Waals surface area contributed by atoms with Crippen LogP contribution in [0.15, 0.2) is 24.3 Å². The van der Waals surface area contributed by atoms with Crippen molar-refractivity contribution < 1.29 is 42.9 Å². The van der Waals surface area contributed by atoms with Gasteiger partial charge in [-0.25, -0.2) is 14.4 Å². The quantitative estimate of drug-likeness (QED) is 0.150. The molecule has 12 nitrogen and oxygen atoms in total. The molecule has 3 amide bonds. The van der Waals surface area contributed by atoms with Crippen molar-refractivity contribution in [3.63, 3.8) is 0 Å². The molecule has 0 heterocycles. The number of benzene rings is 1. The molecule has 210 valence electrons. The van der Waals surface area contributed by atoms with Crippen molar-refractivity contribution in [2.75, 3.05) is 47.1 Å². The van der Waals surface area contributed by atoms with Crippen molar-refractivity contribution in [1.82, 2.24) is 16.0 Å². The van der Waals surface area contributed by atoms with Crippen LogP contribution in [0.2, 0.25) is 0 Å². The highest BCUT2D eigenvalue weighted by Gasteiger charge is 2.20. The fourth-order valence-corrected chi connectivity index (χ4v) is 3.59. The summed E-state index contributed by atoms with van der Waals surface area (Å²) in [6, 6.07) is 5.07. The lowest BCUT2D eigenvalue weighted by molar-refractivity contribution is -0.134. The predicted octanol–water partition coefficient (Wildman–Crippen LogP) is 2.41. The summed E-state index contributed by atoms with van der Waals surface area (Å²) in [5, 5.41) is 7.57. The van der Waals surface area contributed by atoms with Gasteiger partial charge >= 0.3 is 18.2 Å². The van der Waals surface area contributed by atoms with Crippen LogP contribution in [0.4, 0.5) is 9.59 Å². The normalized spacial score (nSPS) is 16.7. The number of alkyl carbamates (subject to hydrolysis) is 2. The molecule has 0 aromatic heterocycles. The molecule has 38 heavy (non-hydrogen) atoms. The molecule has 1 fully saturated rings. The number of carbonyl (C=O) groups excluding carboxylic acids is 4. The largest absolute Gasteiger partial charge is 0.490 e. The Balaban J connectivity index is 1.82. The van der Waals surface area contributed by atoms with E-state index < -0.39 is 18.2 Å². The monoisotopic (exact) mass is 535 g/mol. The zero-order valence-electron chi connectivity index (χ0n) is 22.1. The fourth-order valence-electron chi connectivity index (χ4n) is 3.59. The van der Waals surface area contributed by atoms with Crippen LogP contribution in [0.1, 0.15) is 38.2 Å². The molecule has 0 bridgehead atoms. The molecule has 1 aliphatic rings. The van der Waals surface area contributed by atoms with E-state index in [1.54, 1.807) is 18.2 Å². The number of ether oxygens (including phenoxy) is 5. The van der Waals surface area contributed by atoms with Crippen molar-refractivity contribution in [2.45, 2.75) is 38.6 Å². The molecule has 0 saturated heterocycles. The molecule has 1 aromatic carbocycles. The minimum atomic E-state index is -0.744. The van der Waals surface area contributed by atoms with E-state index in [0.717, 1.165) is 25.7 Å². The average Bonchev–Trinajstić information content (AvgIpc) is 2.92. The molecule has 1 saturated carbocycles. The number of likely N-dealkylation sites (N-methyl/N-ethyl adjacent to an activating group) is 1. The topological polar surface area (TPSA) is 151 Å². The van der Waals surface area contributed by atoms with Crippen LogP contribution in [0, 0.1) is 5.92 Å². The van der Waals surface area contributed by atoms with E-state index in [1.807, 2.05) is 0 Å². The SMILES string of the molecule is CNC(=O)CNC(=O)OCCOc1ccc(OCCOC(=O)NC2CCC(C)CC2)c(/C=C/C(=O)OC)c1. The zero-order valence-corrected chi connectivity index (χ0v) is 22.1. The van der Waals surface area contributed by atoms with Gasteiger partial charge in [-0.1, -0.05) is 6.92 Å². The molecule has 12 heteroatoms. The smallest absolute Gasteiger partial charge is 0.407 e. The first-order valence-electron chi connectivity index (χ1n) is 12.5. The molecule has 1 aromatic rings. The van der Waals surface area contributed by atoms with Gasteiger partial charge in [-0.15, -0.1) is 0 Å². The Morgan fingerprint density at radius 2 is 1.63 bits per heavy atom. The van der Waals surface area contributed by atoms with Gasteiger partial charge in [0.15, 0.2) is 0 Å². The highest BCUT2D eigenvalue weighted by Crippen LogP contribution is 2.26. The molecular weight excluding hydrogens is 498 g/mol. The summed E-state index contributed by atoms with van der Waals surface area (Å²) < 4.78 is 26.2. The first-order valence-corrected chi connectivity index (χ1v) is 12.5. The van der Waals surface area contributed by atoms with E-state index in [-0.39, 0.29) is 44.9 Å². The number of hydrogen-bond acceptors (Lipinski definition) is 9. The van der Waals surface area contributed by atoms with E-state index in [9.17, 15) is 19.2 Å². The molecule has 0 atom stereocenters. The van der Waals surface area contributed by atoms with Crippen LogP contribution >= 0.6 is 0 Å². The molecule has 0 radical (unpaired) electrons. The second-order valence-corrected chi connectivity index (χ2v) is 8.65. The van der Waals surface area contributed by atoms with Crippen LogP contribution < -0.4 is 25.4 Å². The third-order valence-corrected chi connectivity index (χ3v) is 5.75. The van der Waals surface area contributed by atoms with Crippen LogP contribution in [-0.2, 0) is 23.8 Å². The maximum absolute atomic E-state index is 12.1. The maximum Gasteiger partial charge on any atom is 0.407 e. The molecule has 0 unspecified atom stereocenters. The first-order chi connectivity index (χ1) is 18.3. The van der Waals surface area contributed by atoms with Crippen LogP contribution in [0.5, 0.6) is 11.5 Å². The minimum Gasteiger partial charge on any atom is -0.490 e. The van der Waals surface area contributed by atoms with E-state index in [4.69, 9.17) is 18.9 Å². The molecule has 0 aliphatic heterocycles. The minimum absolute atomic E-state index is 0.0483. The van der Waals surface area contributed by atoms with E-state index >= 15 is 0 Å². The lowest BCUT2D eigenvalue weighted by atomic mass is 9.87. The van der Waals surface area contributed by atoms with Gasteiger partial charge in [-0.2, -0.15) is 0 Å². The lowest BCUT2D eigenvalue weighted by Gasteiger charge is -2.26. The van der Waals surface area contributed by atoms with Crippen LogP contribution in [0.25, 0.3) is 6.08 Å². The van der Waals surface area contributed by atoms with E-state index in [2.05, 4.69) is 27.6 Å². The number of methoxy groups -OCH3 is 1. The summed E-state index contributed by atoms with van der Waals surface area (Å²) >= 11 is 0. The van der Waals surface area contributed by atoms with Crippen molar-refractivity contribution >= 4 is 30.1 Å². The summed E-state index contributed by atoms with van der Waals surface area (Å²) in [5.74, 6) is 0.673. The van der Waals surface area contributed by atoms with Gasteiger partial charge in [0.05, 0.1) is 13.7 Å². The Hall–Kier alpha value is -3.96. The van der Waals surface area contributed by atoms with Gasteiger partial charge in [-0.3, -0.25) is 4.79 Å². The third kappa shape index (κ3) is 11.8. The Labute approximate surface area is 222 Å². The van der Waals surface area contributed by atoms with Crippen molar-refractivity contribution in [3.05, 3.63) is 29.8 Å². The van der Waals surface area contributed by atoms with Gasteiger partial charge in [0.25, 0.3) is 0 Å². The van der Waals surface area contributed by atoms with Crippen molar-refractivity contribution in [2.24, 2.45) is 5.92 Å². The summed E-state index contributed by atoms with van der Waals surface area (Å²) in [5.41, 5.74) is 0.526. The van der Waals surface area contributed by atoms with Gasteiger partial charge in [0.1, 0.15) is 37.9 Å². The number of carbonyl (C=O) groups is 4. The van der Waals surface area contributed by atoms with Gasteiger partial charge in [0, 0.05) is 24.7 Å². The standard InChI is InChI=1S/C26H37N3O9/c1-18-4-7-20(8-5-18)29-26(33)38-15-13-36-22-10-9-21(16-19(22)6-11-24(31)34-3)35-12-14-37-25(32)28-17-23(30)27-2/h6,9-11,16,18,20H,4-5,7-8,12-15,17H2,1-3H3,(H,27,30)(H,28,32)(H,29,33)/b11-6+. The highest BCUT2D eigenvalue weighted by atomic mass is 16.6. The summed E-state index contributed by atoms with van der Waals surface area (Å²) in [6.07, 6.45) is 5.63.